The standard InChI is InChI=1S/C36H61NO12/c1-20-17-24(15-16-38)32(33(44-9)26(40)18-27(41)45-21(2)13-11-10-12-14-25(20)39)49-35-30(42)29(37(7)8)31(22(3)47-35)48-28-19-36(5,6)34(43)23(4)46-28/h10-12,14,16,20-26,28-35,39-40,42-43H,13,15,17-19H2,1-9H3/b11-10+,14-12+/t20-,21-,22-,23-,24+,25+,26-,28-,29-,30-,31-,32+,33+,34-,35+/m1/s1. The van der Waals surface area contributed by atoms with Crippen LogP contribution in [-0.4, -0.2) is 138 Å². The van der Waals surface area contributed by atoms with Crippen LogP contribution in [0.3, 0.4) is 0 Å². The van der Waals surface area contributed by atoms with Gasteiger partial charge in [0.2, 0.25) is 0 Å². The molecule has 0 radical (unpaired) electrons. The molecular formula is C36H61NO12. The van der Waals surface area contributed by atoms with Crippen LogP contribution in [0.5, 0.6) is 0 Å². The first-order chi connectivity index (χ1) is 23.0. The van der Waals surface area contributed by atoms with E-state index in [-0.39, 0.29) is 18.8 Å². The van der Waals surface area contributed by atoms with Crippen LogP contribution in [0.1, 0.15) is 73.6 Å². The van der Waals surface area contributed by atoms with Gasteiger partial charge in [-0.25, -0.2) is 0 Å². The minimum atomic E-state index is -1.39. The molecule has 15 atom stereocenters. The Hall–Kier alpha value is -1.78. The van der Waals surface area contributed by atoms with E-state index in [0.29, 0.717) is 12.8 Å². The van der Waals surface area contributed by atoms with Crippen molar-refractivity contribution in [1.82, 2.24) is 4.90 Å². The number of nitrogens with zero attached hydrogens (tertiary/aromatic N) is 1. The summed E-state index contributed by atoms with van der Waals surface area (Å²) >= 11 is 0. The van der Waals surface area contributed by atoms with Gasteiger partial charge in [0.1, 0.15) is 30.7 Å². The predicted octanol–water partition coefficient (Wildman–Crippen LogP) is 2.12. The van der Waals surface area contributed by atoms with Gasteiger partial charge in [-0.3, -0.25) is 4.79 Å². The van der Waals surface area contributed by atoms with E-state index in [1.54, 1.807) is 53.1 Å². The normalized spacial score (nSPS) is 44.2. The van der Waals surface area contributed by atoms with Gasteiger partial charge < -0.3 is 58.5 Å². The van der Waals surface area contributed by atoms with Gasteiger partial charge in [0.05, 0.1) is 49.1 Å². The fourth-order valence-corrected chi connectivity index (χ4v) is 7.26. The smallest absolute Gasteiger partial charge is 0.308 e. The van der Waals surface area contributed by atoms with Gasteiger partial charge in [-0.1, -0.05) is 45.1 Å². The van der Waals surface area contributed by atoms with Crippen molar-refractivity contribution >= 4 is 12.3 Å². The zero-order valence-electron chi connectivity index (χ0n) is 30.6. The monoisotopic (exact) mass is 699 g/mol. The predicted molar refractivity (Wildman–Crippen MR) is 180 cm³/mol. The van der Waals surface area contributed by atoms with Crippen molar-refractivity contribution in [2.75, 3.05) is 21.2 Å². The van der Waals surface area contributed by atoms with E-state index in [4.69, 9.17) is 28.4 Å². The van der Waals surface area contributed by atoms with Crippen LogP contribution in [0.4, 0.5) is 0 Å². The van der Waals surface area contributed by atoms with Gasteiger partial charge in [-0.05, 0) is 58.5 Å². The molecule has 3 rings (SSSR count). The van der Waals surface area contributed by atoms with Gasteiger partial charge in [0, 0.05) is 26.4 Å². The topological polar surface area (TPSA) is 174 Å². The number of allylic oxidation sites excluding steroid dienone is 2. The Morgan fingerprint density at radius 3 is 2.29 bits per heavy atom. The van der Waals surface area contributed by atoms with Gasteiger partial charge in [0.15, 0.2) is 12.6 Å². The summed E-state index contributed by atoms with van der Waals surface area (Å²) < 4.78 is 36.6. The van der Waals surface area contributed by atoms with Crippen LogP contribution >= 0.6 is 0 Å². The SMILES string of the molecule is CO[C@@H]1[C@@H](O[C@@H]2O[C@H](C)[C@@H](O[C@@H]3CC(C)(C)[C@H](O)[C@@H](C)O3)[C@H](N(C)C)[C@H]2O)[C@@H](CC=O)C[C@@H](C)[C@@H](O)/C=C/C=C/C[C@@H](C)OC(=O)C[C@H]1O. The number of carbonyl (C=O) groups excluding carboxylic acids is 2. The largest absolute Gasteiger partial charge is 0.462 e. The summed E-state index contributed by atoms with van der Waals surface area (Å²) in [5.41, 5.74) is -0.464. The highest BCUT2D eigenvalue weighted by molar-refractivity contribution is 5.70. The second kappa shape index (κ2) is 18.6. The molecule has 0 bridgehead atoms. The van der Waals surface area contributed by atoms with Crippen LogP contribution in [0, 0.1) is 17.3 Å². The molecule has 4 N–H and O–H groups in total. The molecule has 0 aromatic carbocycles. The Balaban J connectivity index is 1.94. The number of methoxy groups -OCH3 is 1. The molecule has 0 spiro atoms. The summed E-state index contributed by atoms with van der Waals surface area (Å²) in [5.74, 6) is -1.58. The molecule has 0 aliphatic carbocycles. The zero-order valence-corrected chi connectivity index (χ0v) is 30.6. The summed E-state index contributed by atoms with van der Waals surface area (Å²) in [7, 11) is 4.98. The molecule has 0 amide bonds. The molecule has 3 aliphatic heterocycles. The summed E-state index contributed by atoms with van der Waals surface area (Å²) in [6.07, 6.45) is -2.04. The number of aliphatic hydroxyl groups is 4. The maximum Gasteiger partial charge on any atom is 0.308 e. The molecule has 13 nitrogen and oxygen atoms in total. The van der Waals surface area contributed by atoms with Crippen LogP contribution in [0.25, 0.3) is 0 Å². The molecule has 2 saturated heterocycles. The Morgan fingerprint density at radius 1 is 0.980 bits per heavy atom. The first kappa shape index (κ1) is 41.6. The van der Waals surface area contributed by atoms with E-state index in [1.165, 1.54) is 7.11 Å². The summed E-state index contributed by atoms with van der Waals surface area (Å²) in [5, 5.41) is 44.8. The number of aliphatic hydroxyl groups excluding tert-OH is 4. The number of hydrogen-bond acceptors (Lipinski definition) is 13. The fourth-order valence-electron chi connectivity index (χ4n) is 7.26. The third-order valence-corrected chi connectivity index (χ3v) is 10.1. The Labute approximate surface area is 291 Å². The third kappa shape index (κ3) is 11.1. The lowest BCUT2D eigenvalue weighted by molar-refractivity contribution is -0.340. The second-order valence-electron chi connectivity index (χ2n) is 15.0. The van der Waals surface area contributed by atoms with Crippen LogP contribution in [-0.2, 0) is 38.0 Å². The lowest BCUT2D eigenvalue weighted by Gasteiger charge is -2.50. The Morgan fingerprint density at radius 2 is 1.67 bits per heavy atom. The lowest BCUT2D eigenvalue weighted by Crippen LogP contribution is -2.65. The second-order valence-corrected chi connectivity index (χ2v) is 15.0. The van der Waals surface area contributed by atoms with Crippen LogP contribution in [0.2, 0.25) is 0 Å². The minimum Gasteiger partial charge on any atom is -0.462 e. The summed E-state index contributed by atoms with van der Waals surface area (Å²) in [6, 6.07) is -0.639. The van der Waals surface area contributed by atoms with Crippen molar-refractivity contribution in [2.24, 2.45) is 17.3 Å². The van der Waals surface area contributed by atoms with Gasteiger partial charge in [-0.2, -0.15) is 0 Å². The molecule has 3 aliphatic rings. The molecular weight excluding hydrogens is 638 g/mol. The zero-order chi connectivity index (χ0) is 36.6. The molecule has 0 aromatic rings. The van der Waals surface area contributed by atoms with E-state index < -0.39 is 103 Å². The van der Waals surface area contributed by atoms with E-state index in [1.807, 2.05) is 31.7 Å². The average Bonchev–Trinajstić information content (AvgIpc) is 3.00. The number of rotatable bonds is 8. The average molecular weight is 700 g/mol. The molecule has 0 aromatic heterocycles. The van der Waals surface area contributed by atoms with Crippen molar-refractivity contribution in [3.8, 4) is 0 Å². The number of hydrogen-bond donors (Lipinski definition) is 4. The van der Waals surface area contributed by atoms with Crippen molar-refractivity contribution < 1.29 is 58.4 Å². The maximum atomic E-state index is 12.8. The number of likely N-dealkylation sites (N-methyl/N-ethyl adjacent to an activating group) is 1. The molecule has 0 saturated carbocycles. The van der Waals surface area contributed by atoms with Gasteiger partial charge in [-0.15, -0.1) is 0 Å². The quantitative estimate of drug-likeness (QED) is 0.215. The lowest BCUT2D eigenvalue weighted by atomic mass is 9.78. The van der Waals surface area contributed by atoms with Crippen molar-refractivity contribution in [1.29, 1.82) is 0 Å². The third-order valence-electron chi connectivity index (χ3n) is 10.1. The van der Waals surface area contributed by atoms with E-state index in [0.717, 1.165) is 6.29 Å². The number of cyclic esters (lactones) is 1. The number of esters is 1. The highest BCUT2D eigenvalue weighted by Crippen LogP contribution is 2.39. The number of aldehydes is 1. The van der Waals surface area contributed by atoms with Gasteiger partial charge in [0.25, 0.3) is 0 Å². The van der Waals surface area contributed by atoms with Crippen LogP contribution in [0.15, 0.2) is 24.3 Å². The van der Waals surface area contributed by atoms with Crippen molar-refractivity contribution in [3.63, 3.8) is 0 Å². The molecule has 282 valence electrons. The fraction of sp³-hybridized carbons (Fsp3) is 0.833. The number of ether oxygens (including phenoxy) is 6. The summed E-state index contributed by atoms with van der Waals surface area (Å²) in [4.78, 5) is 26.7. The highest BCUT2D eigenvalue weighted by atomic mass is 16.7. The molecule has 3 heterocycles. The summed E-state index contributed by atoms with van der Waals surface area (Å²) in [6.45, 7) is 11.1. The van der Waals surface area contributed by atoms with E-state index >= 15 is 0 Å². The molecule has 13 heteroatoms. The van der Waals surface area contributed by atoms with Gasteiger partial charge >= 0.3 is 5.97 Å². The van der Waals surface area contributed by atoms with E-state index in [2.05, 4.69) is 0 Å². The Bertz CT molecular complexity index is 1100. The number of carbonyl (C=O) groups is 2. The van der Waals surface area contributed by atoms with Crippen LogP contribution < -0.4 is 0 Å². The first-order valence-electron chi connectivity index (χ1n) is 17.5. The van der Waals surface area contributed by atoms with Crippen molar-refractivity contribution in [2.45, 2.75) is 153 Å². The molecule has 49 heavy (non-hydrogen) atoms. The minimum absolute atomic E-state index is 0.0144. The molecule has 0 unspecified atom stereocenters. The van der Waals surface area contributed by atoms with Crippen molar-refractivity contribution in [3.05, 3.63) is 24.3 Å². The highest BCUT2D eigenvalue weighted by Gasteiger charge is 2.51. The Kier molecular flexibility index (Phi) is 15.8. The van der Waals surface area contributed by atoms with E-state index in [9.17, 15) is 30.0 Å². The molecule has 2 fully saturated rings. The first-order valence-corrected chi connectivity index (χ1v) is 17.5. The maximum absolute atomic E-state index is 12.8.